The number of hydrogen-bond donors (Lipinski definition) is 3. The summed E-state index contributed by atoms with van der Waals surface area (Å²) in [7, 11) is 0. The quantitative estimate of drug-likeness (QED) is 0.556. The molecule has 6 heteroatoms. The van der Waals surface area contributed by atoms with Gasteiger partial charge in [-0.05, 0) is 13.0 Å². The molecule has 1 heterocycles. The maximum Gasteiger partial charge on any atom is 0.251 e. The highest BCUT2D eigenvalue weighted by molar-refractivity contribution is 5.75. The van der Waals surface area contributed by atoms with Crippen molar-refractivity contribution in [3.8, 4) is 0 Å². The summed E-state index contributed by atoms with van der Waals surface area (Å²) in [5.74, 6) is -0.199. The zero-order valence-corrected chi connectivity index (χ0v) is 9.25. The standard InChI is InChI=1S/C10H16N4O2/c1-2-3-12-6-7-4-10(16)14-9(13-7)5-8(11)15/h4,12H,2-3,5-6H2,1H3,(H2,11,15)(H,13,14,16). The zero-order valence-electron chi connectivity index (χ0n) is 9.25. The number of carbonyl (C=O) groups excluding carboxylic acids is 1. The monoisotopic (exact) mass is 224 g/mol. The van der Waals surface area contributed by atoms with Gasteiger partial charge < -0.3 is 16.0 Å². The van der Waals surface area contributed by atoms with Crippen LogP contribution in [0.25, 0.3) is 0 Å². The Morgan fingerprint density at radius 3 is 3.00 bits per heavy atom. The lowest BCUT2D eigenvalue weighted by molar-refractivity contribution is -0.117. The first kappa shape index (κ1) is 12.4. The summed E-state index contributed by atoms with van der Waals surface area (Å²) in [6.07, 6.45) is 0.966. The van der Waals surface area contributed by atoms with E-state index in [9.17, 15) is 9.59 Å². The van der Waals surface area contributed by atoms with Crippen LogP contribution in [-0.4, -0.2) is 22.4 Å². The van der Waals surface area contributed by atoms with Crippen LogP contribution in [0, 0.1) is 0 Å². The van der Waals surface area contributed by atoms with Crippen molar-refractivity contribution < 1.29 is 4.79 Å². The van der Waals surface area contributed by atoms with E-state index in [1.165, 1.54) is 6.07 Å². The van der Waals surface area contributed by atoms with Crippen molar-refractivity contribution in [1.29, 1.82) is 0 Å². The molecule has 0 aliphatic heterocycles. The van der Waals surface area contributed by atoms with Crippen LogP contribution < -0.4 is 16.6 Å². The van der Waals surface area contributed by atoms with Gasteiger partial charge in [-0.3, -0.25) is 9.59 Å². The Morgan fingerprint density at radius 2 is 2.38 bits per heavy atom. The second-order valence-corrected chi connectivity index (χ2v) is 3.50. The van der Waals surface area contributed by atoms with E-state index in [1.54, 1.807) is 0 Å². The molecule has 0 aliphatic carbocycles. The number of nitrogens with zero attached hydrogens (tertiary/aromatic N) is 1. The Hall–Kier alpha value is -1.69. The van der Waals surface area contributed by atoms with E-state index in [-0.39, 0.29) is 12.0 Å². The van der Waals surface area contributed by atoms with Crippen LogP contribution in [0.4, 0.5) is 0 Å². The molecule has 0 spiro atoms. The molecule has 0 fully saturated rings. The van der Waals surface area contributed by atoms with Gasteiger partial charge in [-0.15, -0.1) is 0 Å². The highest BCUT2D eigenvalue weighted by Crippen LogP contribution is 1.93. The topological polar surface area (TPSA) is 101 Å². The molecule has 0 aliphatic rings. The smallest absolute Gasteiger partial charge is 0.251 e. The minimum absolute atomic E-state index is 0.0448. The van der Waals surface area contributed by atoms with E-state index in [4.69, 9.17) is 5.73 Å². The average Bonchev–Trinajstić information content (AvgIpc) is 2.16. The van der Waals surface area contributed by atoms with Crippen LogP contribution in [0.15, 0.2) is 10.9 Å². The third-order valence-corrected chi connectivity index (χ3v) is 1.92. The lowest BCUT2D eigenvalue weighted by atomic mass is 10.3. The minimum Gasteiger partial charge on any atom is -0.369 e. The summed E-state index contributed by atoms with van der Waals surface area (Å²) in [5.41, 5.74) is 5.38. The second-order valence-electron chi connectivity index (χ2n) is 3.50. The van der Waals surface area contributed by atoms with Crippen LogP contribution in [0.1, 0.15) is 24.9 Å². The maximum absolute atomic E-state index is 11.2. The lowest BCUT2D eigenvalue weighted by Crippen LogP contribution is -2.22. The Bertz CT molecular complexity index is 414. The normalized spacial score (nSPS) is 10.3. The SMILES string of the molecule is CCCNCc1cc(=O)[nH]c(CC(N)=O)n1. The van der Waals surface area contributed by atoms with Gasteiger partial charge in [0.25, 0.3) is 5.56 Å². The number of hydrogen-bond acceptors (Lipinski definition) is 4. The van der Waals surface area contributed by atoms with Crippen LogP contribution in [0.5, 0.6) is 0 Å². The summed E-state index contributed by atoms with van der Waals surface area (Å²) >= 11 is 0. The number of nitrogens with two attached hydrogens (primary N) is 1. The molecule has 0 bridgehead atoms. The largest absolute Gasteiger partial charge is 0.369 e. The molecule has 1 aromatic rings. The van der Waals surface area contributed by atoms with Gasteiger partial charge in [-0.1, -0.05) is 6.92 Å². The van der Waals surface area contributed by atoms with Crippen LogP contribution >= 0.6 is 0 Å². The van der Waals surface area contributed by atoms with Gasteiger partial charge in [0.1, 0.15) is 5.82 Å². The molecular formula is C10H16N4O2. The Labute approximate surface area is 93.3 Å². The van der Waals surface area contributed by atoms with Crippen molar-refractivity contribution in [3.05, 3.63) is 27.9 Å². The van der Waals surface area contributed by atoms with Crippen molar-refractivity contribution in [3.63, 3.8) is 0 Å². The molecule has 0 saturated heterocycles. The fraction of sp³-hybridized carbons (Fsp3) is 0.500. The summed E-state index contributed by atoms with van der Waals surface area (Å²) in [6.45, 7) is 3.43. The number of aromatic amines is 1. The van der Waals surface area contributed by atoms with E-state index < -0.39 is 5.91 Å². The number of primary amides is 1. The van der Waals surface area contributed by atoms with Crippen LogP contribution in [0.3, 0.4) is 0 Å². The second kappa shape index (κ2) is 6.02. The van der Waals surface area contributed by atoms with Crippen molar-refractivity contribution in [2.24, 2.45) is 5.73 Å². The fourth-order valence-electron chi connectivity index (χ4n) is 1.30. The summed E-state index contributed by atoms with van der Waals surface area (Å²) in [6, 6.07) is 1.41. The molecular weight excluding hydrogens is 208 g/mol. The number of amides is 1. The summed E-state index contributed by atoms with van der Waals surface area (Å²) in [4.78, 5) is 28.5. The maximum atomic E-state index is 11.2. The van der Waals surface area contributed by atoms with Gasteiger partial charge >= 0.3 is 0 Å². The number of carbonyl (C=O) groups is 1. The fourth-order valence-corrected chi connectivity index (χ4v) is 1.30. The van der Waals surface area contributed by atoms with Crippen LogP contribution in [-0.2, 0) is 17.8 Å². The van der Waals surface area contributed by atoms with Crippen molar-refractivity contribution in [1.82, 2.24) is 15.3 Å². The van der Waals surface area contributed by atoms with E-state index in [0.29, 0.717) is 18.1 Å². The highest BCUT2D eigenvalue weighted by Gasteiger charge is 2.04. The third kappa shape index (κ3) is 4.22. The molecule has 0 saturated carbocycles. The zero-order chi connectivity index (χ0) is 12.0. The Morgan fingerprint density at radius 1 is 1.62 bits per heavy atom. The van der Waals surface area contributed by atoms with Gasteiger partial charge in [0, 0.05) is 12.6 Å². The molecule has 6 nitrogen and oxygen atoms in total. The predicted octanol–water partition coefficient (Wildman–Crippen LogP) is -0.703. The molecule has 0 radical (unpaired) electrons. The average molecular weight is 224 g/mol. The summed E-state index contributed by atoms with van der Waals surface area (Å²) in [5, 5.41) is 3.13. The predicted molar refractivity (Wildman–Crippen MR) is 59.8 cm³/mol. The number of H-pyrrole nitrogens is 1. The Balaban J connectivity index is 2.73. The van der Waals surface area contributed by atoms with Crippen LogP contribution in [0.2, 0.25) is 0 Å². The number of rotatable bonds is 6. The van der Waals surface area contributed by atoms with Gasteiger partial charge in [0.2, 0.25) is 5.91 Å². The van der Waals surface area contributed by atoms with Gasteiger partial charge in [0.15, 0.2) is 0 Å². The van der Waals surface area contributed by atoms with Gasteiger partial charge in [0.05, 0.1) is 12.1 Å². The molecule has 0 unspecified atom stereocenters. The van der Waals surface area contributed by atoms with Crippen molar-refractivity contribution in [2.75, 3.05) is 6.54 Å². The third-order valence-electron chi connectivity index (χ3n) is 1.92. The molecule has 88 valence electrons. The first-order valence-corrected chi connectivity index (χ1v) is 5.20. The van der Waals surface area contributed by atoms with Crippen molar-refractivity contribution >= 4 is 5.91 Å². The lowest BCUT2D eigenvalue weighted by Gasteiger charge is -2.04. The summed E-state index contributed by atoms with van der Waals surface area (Å²) < 4.78 is 0. The molecule has 16 heavy (non-hydrogen) atoms. The Kier molecular flexibility index (Phi) is 4.65. The number of nitrogens with one attached hydrogen (secondary N) is 2. The molecule has 0 aromatic carbocycles. The molecule has 0 atom stereocenters. The number of aromatic nitrogens is 2. The first-order valence-electron chi connectivity index (χ1n) is 5.20. The highest BCUT2D eigenvalue weighted by atomic mass is 16.1. The van der Waals surface area contributed by atoms with Gasteiger partial charge in [-0.25, -0.2) is 4.98 Å². The molecule has 1 aromatic heterocycles. The molecule has 1 amide bonds. The van der Waals surface area contributed by atoms with E-state index in [2.05, 4.69) is 22.2 Å². The van der Waals surface area contributed by atoms with E-state index in [0.717, 1.165) is 13.0 Å². The first-order chi connectivity index (χ1) is 7.61. The van der Waals surface area contributed by atoms with Crippen molar-refractivity contribution in [2.45, 2.75) is 26.3 Å². The molecule has 1 rings (SSSR count). The van der Waals surface area contributed by atoms with E-state index in [1.807, 2.05) is 0 Å². The minimum atomic E-state index is -0.512. The van der Waals surface area contributed by atoms with Gasteiger partial charge in [-0.2, -0.15) is 0 Å². The molecule has 4 N–H and O–H groups in total. The van der Waals surface area contributed by atoms with E-state index >= 15 is 0 Å².